The molecule has 0 spiro atoms. The van der Waals surface area contributed by atoms with Gasteiger partial charge in [0.1, 0.15) is 0 Å². The van der Waals surface area contributed by atoms with E-state index in [0.717, 1.165) is 23.4 Å². The Labute approximate surface area is 142 Å². The van der Waals surface area contributed by atoms with E-state index in [1.807, 2.05) is 43.5 Å². The lowest BCUT2D eigenvalue weighted by Gasteiger charge is -2.24. The van der Waals surface area contributed by atoms with E-state index in [9.17, 15) is 4.79 Å². The highest BCUT2D eigenvalue weighted by Gasteiger charge is 2.18. The number of benzene rings is 1. The van der Waals surface area contributed by atoms with Gasteiger partial charge in [0, 0.05) is 24.1 Å². The molecule has 1 aromatic heterocycles. The third-order valence-corrected chi connectivity index (χ3v) is 4.27. The van der Waals surface area contributed by atoms with Crippen LogP contribution >= 0.6 is 12.2 Å². The van der Waals surface area contributed by atoms with Crippen LogP contribution in [0, 0.1) is 11.7 Å². The summed E-state index contributed by atoms with van der Waals surface area (Å²) in [7, 11) is 0. The highest BCUT2D eigenvalue weighted by atomic mass is 32.1. The van der Waals surface area contributed by atoms with E-state index < -0.39 is 0 Å². The van der Waals surface area contributed by atoms with E-state index in [4.69, 9.17) is 12.2 Å². The van der Waals surface area contributed by atoms with Crippen LogP contribution < -0.4 is 5.32 Å². The molecule has 23 heavy (non-hydrogen) atoms. The first-order valence-corrected chi connectivity index (χ1v) is 8.26. The Hall–Kier alpha value is -1.95. The quantitative estimate of drug-likeness (QED) is 0.794. The molecule has 6 heteroatoms. The van der Waals surface area contributed by atoms with Crippen LogP contribution in [-0.2, 0) is 11.3 Å². The third kappa shape index (κ3) is 4.51. The highest BCUT2D eigenvalue weighted by Crippen LogP contribution is 2.19. The van der Waals surface area contributed by atoms with Crippen molar-refractivity contribution in [2.24, 2.45) is 0 Å². The van der Waals surface area contributed by atoms with Gasteiger partial charge in [-0.05, 0) is 45.5 Å². The molecule has 0 atom stereocenters. The van der Waals surface area contributed by atoms with Gasteiger partial charge in [0.15, 0.2) is 10.6 Å². The van der Waals surface area contributed by atoms with Crippen molar-refractivity contribution < 1.29 is 4.79 Å². The van der Waals surface area contributed by atoms with Crippen LogP contribution in [-0.4, -0.2) is 26.2 Å². The average Bonchev–Trinajstić information content (AvgIpc) is 2.86. The number of nitrogens with one attached hydrogen (secondary N) is 2. The topological polar surface area (TPSA) is 62.7 Å². The van der Waals surface area contributed by atoms with Gasteiger partial charge in [0.2, 0.25) is 5.91 Å². The van der Waals surface area contributed by atoms with Crippen molar-refractivity contribution in [2.45, 2.75) is 52.6 Å². The number of nitrogens with zero attached hydrogens (tertiary/aromatic N) is 2. The van der Waals surface area contributed by atoms with Crippen molar-refractivity contribution in [3.8, 4) is 11.4 Å². The van der Waals surface area contributed by atoms with Gasteiger partial charge >= 0.3 is 0 Å². The highest BCUT2D eigenvalue weighted by molar-refractivity contribution is 7.71. The number of carbonyl (C=O) groups excluding carboxylic acids is 1. The number of aryl methyl sites for hydroxylation is 1. The van der Waals surface area contributed by atoms with Gasteiger partial charge in [0.05, 0.1) is 0 Å². The molecule has 2 aromatic rings. The maximum absolute atomic E-state index is 12.1. The van der Waals surface area contributed by atoms with E-state index in [1.165, 1.54) is 0 Å². The molecule has 1 heterocycles. The summed E-state index contributed by atoms with van der Waals surface area (Å²) in [6.45, 7) is 8.64. The molecule has 0 fully saturated rings. The van der Waals surface area contributed by atoms with Crippen molar-refractivity contribution in [1.29, 1.82) is 0 Å². The van der Waals surface area contributed by atoms with Crippen LogP contribution in [0.1, 0.15) is 39.2 Å². The van der Waals surface area contributed by atoms with Crippen molar-refractivity contribution in [2.75, 3.05) is 0 Å². The molecular formula is C17H24N4OS. The number of aromatic nitrogens is 3. The van der Waals surface area contributed by atoms with Gasteiger partial charge in [-0.3, -0.25) is 14.5 Å². The minimum absolute atomic E-state index is 0.0233. The fourth-order valence-electron chi connectivity index (χ4n) is 2.27. The third-order valence-electron chi connectivity index (χ3n) is 3.96. The van der Waals surface area contributed by atoms with Gasteiger partial charge in [0.25, 0.3) is 0 Å². The largest absolute Gasteiger partial charge is 0.351 e. The zero-order valence-electron chi connectivity index (χ0n) is 14.1. The molecule has 0 aliphatic rings. The number of amides is 1. The van der Waals surface area contributed by atoms with Crippen LogP contribution in [0.3, 0.4) is 0 Å². The summed E-state index contributed by atoms with van der Waals surface area (Å²) in [6, 6.07) is 8.08. The molecule has 2 rings (SSSR count). The first-order chi connectivity index (χ1) is 10.8. The van der Waals surface area contributed by atoms with E-state index in [2.05, 4.69) is 28.5 Å². The lowest BCUT2D eigenvalue weighted by atomic mass is 10.0. The maximum Gasteiger partial charge on any atom is 0.222 e. The Morgan fingerprint density at radius 3 is 2.83 bits per heavy atom. The number of H-pyrrole nitrogens is 1. The van der Waals surface area contributed by atoms with Crippen LogP contribution in [0.4, 0.5) is 0 Å². The summed E-state index contributed by atoms with van der Waals surface area (Å²) in [6.07, 6.45) is 1.26. The molecular weight excluding hydrogens is 308 g/mol. The van der Waals surface area contributed by atoms with Crippen LogP contribution in [0.5, 0.6) is 0 Å². The molecule has 0 aliphatic heterocycles. The van der Waals surface area contributed by atoms with Gasteiger partial charge in [-0.2, -0.15) is 5.10 Å². The van der Waals surface area contributed by atoms with Gasteiger partial charge < -0.3 is 5.32 Å². The monoisotopic (exact) mass is 332 g/mol. The Bertz CT molecular complexity index is 745. The second-order valence-electron chi connectivity index (χ2n) is 6.41. The summed E-state index contributed by atoms with van der Waals surface area (Å²) in [5, 5.41) is 10.2. The summed E-state index contributed by atoms with van der Waals surface area (Å²) >= 11 is 5.30. The number of hydrogen-bond acceptors (Lipinski definition) is 3. The molecule has 5 nitrogen and oxygen atoms in total. The van der Waals surface area contributed by atoms with Crippen LogP contribution in [0.15, 0.2) is 24.3 Å². The van der Waals surface area contributed by atoms with Crippen LogP contribution in [0.2, 0.25) is 0 Å². The Kier molecular flexibility index (Phi) is 5.36. The zero-order valence-corrected chi connectivity index (χ0v) is 15.0. The van der Waals surface area contributed by atoms with Gasteiger partial charge in [-0.15, -0.1) is 0 Å². The number of carbonyl (C=O) groups is 1. The Morgan fingerprint density at radius 1 is 1.43 bits per heavy atom. The van der Waals surface area contributed by atoms with Crippen molar-refractivity contribution in [3.05, 3.63) is 34.6 Å². The average molecular weight is 332 g/mol. The molecule has 2 N–H and O–H groups in total. The first-order valence-electron chi connectivity index (χ1n) is 7.85. The van der Waals surface area contributed by atoms with E-state index in [-0.39, 0.29) is 11.4 Å². The van der Waals surface area contributed by atoms with E-state index in [1.54, 1.807) is 0 Å². The molecule has 124 valence electrons. The predicted octanol–water partition coefficient (Wildman–Crippen LogP) is 3.61. The molecule has 0 aliphatic carbocycles. The SMILES string of the molecule is CCC(C)(C)NC(=O)CCn1c(-c2cccc(C)c2)n[nH]c1=S. The number of hydrogen-bond donors (Lipinski definition) is 2. The maximum atomic E-state index is 12.1. The minimum Gasteiger partial charge on any atom is -0.351 e. The van der Waals surface area contributed by atoms with Crippen molar-refractivity contribution >= 4 is 18.1 Å². The minimum atomic E-state index is -0.186. The summed E-state index contributed by atoms with van der Waals surface area (Å²) in [4.78, 5) is 12.1. The summed E-state index contributed by atoms with van der Waals surface area (Å²) < 4.78 is 2.41. The van der Waals surface area contributed by atoms with Gasteiger partial charge in [-0.25, -0.2) is 0 Å². The molecule has 0 bridgehead atoms. The predicted molar refractivity (Wildman–Crippen MR) is 94.7 cm³/mol. The molecule has 0 saturated heterocycles. The van der Waals surface area contributed by atoms with E-state index >= 15 is 0 Å². The lowest BCUT2D eigenvalue weighted by molar-refractivity contribution is -0.122. The summed E-state index contributed by atoms with van der Waals surface area (Å²) in [5.74, 6) is 0.788. The van der Waals surface area contributed by atoms with Crippen LogP contribution in [0.25, 0.3) is 11.4 Å². The normalized spacial score (nSPS) is 11.5. The van der Waals surface area contributed by atoms with Crippen molar-refractivity contribution in [3.63, 3.8) is 0 Å². The lowest BCUT2D eigenvalue weighted by Crippen LogP contribution is -2.43. The molecule has 0 saturated carbocycles. The first kappa shape index (κ1) is 17.4. The fraction of sp³-hybridized carbons (Fsp3) is 0.471. The molecule has 1 amide bonds. The second-order valence-corrected chi connectivity index (χ2v) is 6.80. The van der Waals surface area contributed by atoms with E-state index in [0.29, 0.717) is 17.7 Å². The van der Waals surface area contributed by atoms with Crippen molar-refractivity contribution in [1.82, 2.24) is 20.1 Å². The standard InChI is InChI=1S/C17H24N4OS/c1-5-17(3,4)18-14(22)9-10-21-15(19-20-16(21)23)13-8-6-7-12(2)11-13/h6-8,11H,5,9-10H2,1-4H3,(H,18,22)(H,20,23). The smallest absolute Gasteiger partial charge is 0.222 e. The van der Waals surface area contributed by atoms with Gasteiger partial charge in [-0.1, -0.05) is 30.7 Å². The fourth-order valence-corrected chi connectivity index (χ4v) is 2.49. The Morgan fingerprint density at radius 2 is 2.17 bits per heavy atom. The number of aromatic amines is 1. The second kappa shape index (κ2) is 7.08. The molecule has 0 unspecified atom stereocenters. The Balaban J connectivity index is 2.14. The zero-order chi connectivity index (χ0) is 17.0. The summed E-state index contributed by atoms with van der Waals surface area (Å²) in [5.41, 5.74) is 1.96. The number of rotatable bonds is 6. The molecule has 0 radical (unpaired) electrons. The molecule has 1 aromatic carbocycles.